The van der Waals surface area contributed by atoms with Crippen molar-refractivity contribution in [2.24, 2.45) is 0 Å². The molecule has 108 valence electrons. The van der Waals surface area contributed by atoms with E-state index in [-0.39, 0.29) is 0 Å². The molecule has 1 atom stereocenters. The van der Waals surface area contributed by atoms with Crippen molar-refractivity contribution in [3.63, 3.8) is 0 Å². The third-order valence-electron chi connectivity index (χ3n) is 3.36. The molecule has 0 amide bonds. The third kappa shape index (κ3) is 3.20. The van der Waals surface area contributed by atoms with Crippen molar-refractivity contribution in [3.05, 3.63) is 47.5 Å². The molecule has 0 bridgehead atoms. The smallest absolute Gasteiger partial charge is 0.130 e. The topological polar surface area (TPSA) is 47.3 Å². The molecule has 2 rings (SSSR count). The molecule has 0 aliphatic carbocycles. The second-order valence-corrected chi connectivity index (χ2v) is 5.38. The summed E-state index contributed by atoms with van der Waals surface area (Å²) < 4.78 is 7.96. The first-order chi connectivity index (χ1) is 9.49. The van der Waals surface area contributed by atoms with Gasteiger partial charge < -0.3 is 14.4 Å². The van der Waals surface area contributed by atoms with E-state index < -0.39 is 6.10 Å². The summed E-state index contributed by atoms with van der Waals surface area (Å²) in [5, 5.41) is 9.56. The van der Waals surface area contributed by atoms with Crippen LogP contribution in [0.25, 0.3) is 0 Å². The Morgan fingerprint density at radius 2 is 2.05 bits per heavy atom. The van der Waals surface area contributed by atoms with E-state index in [1.165, 1.54) is 0 Å². The number of hydrogen-bond acceptors (Lipinski definition) is 3. The van der Waals surface area contributed by atoms with Gasteiger partial charge in [0.2, 0.25) is 0 Å². The van der Waals surface area contributed by atoms with Crippen LogP contribution in [-0.4, -0.2) is 14.7 Å². The van der Waals surface area contributed by atoms with Gasteiger partial charge in [-0.05, 0) is 51.0 Å². The molecule has 1 aromatic heterocycles. The van der Waals surface area contributed by atoms with Gasteiger partial charge in [-0.3, -0.25) is 0 Å². The van der Waals surface area contributed by atoms with E-state index in [1.807, 2.05) is 37.6 Å². The Morgan fingerprint density at radius 3 is 2.65 bits per heavy atom. The van der Waals surface area contributed by atoms with Crippen LogP contribution in [0.3, 0.4) is 0 Å². The molecule has 1 heterocycles. The number of aryl methyl sites for hydroxylation is 1. The molecule has 20 heavy (non-hydrogen) atoms. The number of hydrogen-bond donors (Lipinski definition) is 1. The van der Waals surface area contributed by atoms with E-state index in [4.69, 9.17) is 4.74 Å². The molecule has 0 spiro atoms. The lowest BCUT2D eigenvalue weighted by atomic mass is 10.1. The zero-order chi connectivity index (χ0) is 14.7. The normalized spacial score (nSPS) is 12.7. The lowest BCUT2D eigenvalue weighted by Gasteiger charge is -2.14. The summed E-state index contributed by atoms with van der Waals surface area (Å²) in [6.45, 7) is 8.48. The molecule has 0 saturated heterocycles. The molecule has 1 N–H and O–H groups in total. The highest BCUT2D eigenvalue weighted by Crippen LogP contribution is 2.23. The fraction of sp³-hybridized carbons (Fsp3) is 0.438. The molecule has 0 unspecified atom stereocenters. The highest BCUT2D eigenvalue weighted by molar-refractivity contribution is 5.37. The summed E-state index contributed by atoms with van der Waals surface area (Å²) >= 11 is 0. The van der Waals surface area contributed by atoms with E-state index in [9.17, 15) is 5.11 Å². The van der Waals surface area contributed by atoms with Gasteiger partial charge in [-0.15, -0.1) is 0 Å². The van der Waals surface area contributed by atoms with Crippen LogP contribution in [0.15, 0.2) is 30.7 Å². The van der Waals surface area contributed by atoms with Crippen LogP contribution in [0.1, 0.15) is 49.7 Å². The predicted octanol–water partition coefficient (Wildman–Crippen LogP) is 3.40. The number of imidazole rings is 1. The van der Waals surface area contributed by atoms with Gasteiger partial charge in [0, 0.05) is 6.04 Å². The minimum absolute atomic E-state index is 0.370. The van der Waals surface area contributed by atoms with Gasteiger partial charge >= 0.3 is 0 Å². The average Bonchev–Trinajstić information content (AvgIpc) is 2.85. The maximum atomic E-state index is 9.56. The van der Waals surface area contributed by atoms with Crippen molar-refractivity contribution in [2.75, 3.05) is 0 Å². The molecule has 0 aliphatic rings. The molecule has 4 nitrogen and oxygen atoms in total. The number of nitrogens with zero attached hydrogens (tertiary/aromatic N) is 2. The fourth-order valence-corrected chi connectivity index (χ4v) is 2.15. The Labute approximate surface area is 120 Å². The molecule has 2 aromatic rings. The Bertz CT molecular complexity index is 574. The Kier molecular flexibility index (Phi) is 4.45. The first kappa shape index (κ1) is 14.6. The van der Waals surface area contributed by atoms with Crippen molar-refractivity contribution in [2.45, 2.75) is 46.4 Å². The molecule has 1 aromatic carbocycles. The van der Waals surface area contributed by atoms with Crippen molar-refractivity contribution in [3.8, 4) is 5.75 Å². The summed E-state index contributed by atoms with van der Waals surface area (Å²) in [4.78, 5) is 4.17. The fourth-order valence-electron chi connectivity index (χ4n) is 2.15. The van der Waals surface area contributed by atoms with Gasteiger partial charge in [0.15, 0.2) is 0 Å². The lowest BCUT2D eigenvalue weighted by Crippen LogP contribution is -2.07. The quantitative estimate of drug-likeness (QED) is 0.909. The van der Waals surface area contributed by atoms with Crippen LogP contribution < -0.4 is 4.74 Å². The second-order valence-electron chi connectivity index (χ2n) is 5.38. The average molecular weight is 274 g/mol. The Morgan fingerprint density at radius 1 is 1.30 bits per heavy atom. The van der Waals surface area contributed by atoms with Gasteiger partial charge in [-0.2, -0.15) is 0 Å². The van der Waals surface area contributed by atoms with Crippen LogP contribution in [0, 0.1) is 6.92 Å². The predicted molar refractivity (Wildman–Crippen MR) is 78.8 cm³/mol. The molecule has 0 fully saturated rings. The van der Waals surface area contributed by atoms with Crippen LogP contribution in [0.4, 0.5) is 0 Å². The number of aliphatic hydroxyl groups excluding tert-OH is 1. The van der Waals surface area contributed by atoms with Crippen LogP contribution >= 0.6 is 0 Å². The maximum absolute atomic E-state index is 9.56. The summed E-state index contributed by atoms with van der Waals surface area (Å²) in [5.74, 6) is 0.839. The van der Waals surface area contributed by atoms with Crippen LogP contribution in [0.2, 0.25) is 0 Å². The second kappa shape index (κ2) is 6.09. The number of ether oxygens (including phenoxy) is 1. The lowest BCUT2D eigenvalue weighted by molar-refractivity contribution is 0.199. The zero-order valence-corrected chi connectivity index (χ0v) is 12.5. The molecule has 0 aliphatic heterocycles. The third-order valence-corrected chi connectivity index (χ3v) is 3.36. The number of rotatable bonds is 5. The molecular weight excluding hydrogens is 252 g/mol. The summed E-state index contributed by atoms with van der Waals surface area (Å²) in [6, 6.07) is 6.13. The van der Waals surface area contributed by atoms with Crippen LogP contribution in [-0.2, 0) is 6.61 Å². The summed E-state index contributed by atoms with van der Waals surface area (Å²) in [7, 11) is 0. The SMILES string of the molecule is Cc1cc([C@@H](C)O)ccc1OCc1cncn1C(C)C. The number of aliphatic hydroxyl groups is 1. The van der Waals surface area contributed by atoms with Gasteiger partial charge in [0.1, 0.15) is 12.4 Å². The van der Waals surface area contributed by atoms with E-state index in [0.717, 1.165) is 22.6 Å². The maximum Gasteiger partial charge on any atom is 0.130 e. The standard InChI is InChI=1S/C16H22N2O2/c1-11(2)18-10-17-8-15(18)9-20-16-6-5-14(13(4)19)7-12(16)3/h5-8,10-11,13,19H,9H2,1-4H3/t13-/m1/s1. The van der Waals surface area contributed by atoms with E-state index in [2.05, 4.69) is 23.4 Å². The van der Waals surface area contributed by atoms with E-state index in [1.54, 1.807) is 6.92 Å². The monoisotopic (exact) mass is 274 g/mol. The molecule has 0 radical (unpaired) electrons. The Balaban J connectivity index is 2.09. The van der Waals surface area contributed by atoms with Crippen molar-refractivity contribution >= 4 is 0 Å². The largest absolute Gasteiger partial charge is 0.487 e. The Hall–Kier alpha value is -1.81. The van der Waals surface area contributed by atoms with Gasteiger partial charge in [-0.1, -0.05) is 6.07 Å². The zero-order valence-electron chi connectivity index (χ0n) is 12.5. The highest BCUT2D eigenvalue weighted by Gasteiger charge is 2.08. The van der Waals surface area contributed by atoms with Gasteiger partial charge in [0.25, 0.3) is 0 Å². The van der Waals surface area contributed by atoms with Gasteiger partial charge in [0.05, 0.1) is 24.3 Å². The molecular formula is C16H22N2O2. The van der Waals surface area contributed by atoms with Crippen molar-refractivity contribution < 1.29 is 9.84 Å². The molecule has 4 heteroatoms. The first-order valence-electron chi connectivity index (χ1n) is 6.91. The first-order valence-corrected chi connectivity index (χ1v) is 6.91. The van der Waals surface area contributed by atoms with Crippen molar-refractivity contribution in [1.82, 2.24) is 9.55 Å². The number of benzene rings is 1. The van der Waals surface area contributed by atoms with Crippen LogP contribution in [0.5, 0.6) is 5.75 Å². The minimum Gasteiger partial charge on any atom is -0.487 e. The number of aromatic nitrogens is 2. The summed E-state index contributed by atoms with van der Waals surface area (Å²) in [5.41, 5.74) is 2.99. The van der Waals surface area contributed by atoms with E-state index >= 15 is 0 Å². The highest BCUT2D eigenvalue weighted by atomic mass is 16.5. The van der Waals surface area contributed by atoms with Gasteiger partial charge in [-0.25, -0.2) is 4.98 Å². The van der Waals surface area contributed by atoms with Crippen molar-refractivity contribution in [1.29, 1.82) is 0 Å². The minimum atomic E-state index is -0.454. The summed E-state index contributed by atoms with van der Waals surface area (Å²) in [6.07, 6.45) is 3.21. The van der Waals surface area contributed by atoms with E-state index in [0.29, 0.717) is 12.6 Å². The molecule has 0 saturated carbocycles.